The van der Waals surface area contributed by atoms with E-state index < -0.39 is 12.7 Å². The van der Waals surface area contributed by atoms with Gasteiger partial charge in [-0.3, -0.25) is 0 Å². The minimum absolute atomic E-state index is 0.0816. The number of halogens is 3. The number of anilines is 1. The number of thiophene rings is 1. The molecule has 2 heterocycles. The number of nitrogens with one attached hydrogen (secondary N) is 1. The fourth-order valence-electron chi connectivity index (χ4n) is 2.88. The van der Waals surface area contributed by atoms with Gasteiger partial charge in [0, 0.05) is 30.2 Å². The molecule has 1 saturated heterocycles. The van der Waals surface area contributed by atoms with Gasteiger partial charge in [0.05, 0.1) is 6.54 Å². The van der Waals surface area contributed by atoms with Gasteiger partial charge in [-0.15, -0.1) is 0 Å². The molecule has 20 heavy (non-hydrogen) atoms. The van der Waals surface area contributed by atoms with Crippen molar-refractivity contribution in [2.75, 3.05) is 24.5 Å². The normalized spacial score (nSPS) is 24.1. The molecular formula is C14H21F3N2S. The van der Waals surface area contributed by atoms with Crippen LogP contribution in [0.1, 0.15) is 26.2 Å². The van der Waals surface area contributed by atoms with Crippen molar-refractivity contribution < 1.29 is 13.2 Å². The zero-order valence-corrected chi connectivity index (χ0v) is 12.4. The molecule has 1 aromatic rings. The molecule has 0 amide bonds. The van der Waals surface area contributed by atoms with Crippen LogP contribution in [0.4, 0.5) is 18.9 Å². The van der Waals surface area contributed by atoms with E-state index in [-0.39, 0.29) is 6.04 Å². The Balaban J connectivity index is 1.97. The van der Waals surface area contributed by atoms with E-state index in [2.05, 4.69) is 22.5 Å². The third-order valence-electron chi connectivity index (χ3n) is 3.70. The average molecular weight is 306 g/mol. The predicted molar refractivity (Wildman–Crippen MR) is 77.4 cm³/mol. The molecule has 1 N–H and O–H groups in total. The van der Waals surface area contributed by atoms with E-state index in [0.717, 1.165) is 31.5 Å². The number of rotatable bonds is 5. The second kappa shape index (κ2) is 6.80. The highest BCUT2D eigenvalue weighted by molar-refractivity contribution is 7.08. The van der Waals surface area contributed by atoms with Gasteiger partial charge in [-0.2, -0.15) is 24.5 Å². The molecule has 0 bridgehead atoms. The number of piperidine rings is 1. The summed E-state index contributed by atoms with van der Waals surface area (Å²) >= 11 is 1.62. The van der Waals surface area contributed by atoms with Crippen molar-refractivity contribution in [3.63, 3.8) is 0 Å². The summed E-state index contributed by atoms with van der Waals surface area (Å²) in [6, 6.07) is 1.96. The summed E-state index contributed by atoms with van der Waals surface area (Å²) < 4.78 is 37.1. The maximum absolute atomic E-state index is 12.4. The van der Waals surface area contributed by atoms with Crippen LogP contribution in [0.15, 0.2) is 16.8 Å². The van der Waals surface area contributed by atoms with E-state index in [1.54, 1.807) is 11.3 Å². The summed E-state index contributed by atoms with van der Waals surface area (Å²) in [5, 5.41) is 6.75. The predicted octanol–water partition coefficient (Wildman–Crippen LogP) is 3.90. The van der Waals surface area contributed by atoms with Gasteiger partial charge >= 0.3 is 6.18 Å². The summed E-state index contributed by atoms with van der Waals surface area (Å²) in [5.74, 6) is 0.472. The number of alkyl halides is 3. The van der Waals surface area contributed by atoms with Crippen LogP contribution in [-0.4, -0.2) is 31.9 Å². The third-order valence-corrected chi connectivity index (χ3v) is 4.37. The SMILES string of the molecule is CCCC1CC(NCC(F)(F)F)CN(c2ccsc2)C1. The van der Waals surface area contributed by atoms with Gasteiger partial charge in [0.1, 0.15) is 0 Å². The van der Waals surface area contributed by atoms with Crippen LogP contribution < -0.4 is 10.2 Å². The van der Waals surface area contributed by atoms with E-state index in [1.165, 1.54) is 0 Å². The Morgan fingerprint density at radius 3 is 2.80 bits per heavy atom. The molecule has 2 atom stereocenters. The lowest BCUT2D eigenvalue weighted by Crippen LogP contribution is -2.51. The number of hydrogen-bond acceptors (Lipinski definition) is 3. The lowest BCUT2D eigenvalue weighted by molar-refractivity contribution is -0.126. The van der Waals surface area contributed by atoms with Crippen LogP contribution in [-0.2, 0) is 0 Å². The maximum Gasteiger partial charge on any atom is 0.401 e. The molecule has 1 fully saturated rings. The molecule has 0 spiro atoms. The molecular weight excluding hydrogens is 285 g/mol. The zero-order chi connectivity index (χ0) is 14.6. The molecule has 0 saturated carbocycles. The summed E-state index contributed by atoms with van der Waals surface area (Å²) in [5.41, 5.74) is 1.13. The van der Waals surface area contributed by atoms with Gasteiger partial charge in [-0.25, -0.2) is 0 Å². The van der Waals surface area contributed by atoms with Crippen molar-refractivity contribution >= 4 is 17.0 Å². The van der Waals surface area contributed by atoms with Crippen LogP contribution in [0.3, 0.4) is 0 Å². The lowest BCUT2D eigenvalue weighted by atomic mass is 9.90. The molecule has 1 aliphatic rings. The van der Waals surface area contributed by atoms with Crippen LogP contribution >= 0.6 is 11.3 Å². The van der Waals surface area contributed by atoms with E-state index in [9.17, 15) is 13.2 Å². The van der Waals surface area contributed by atoms with Gasteiger partial charge in [-0.1, -0.05) is 13.3 Å². The monoisotopic (exact) mass is 306 g/mol. The highest BCUT2D eigenvalue weighted by Crippen LogP contribution is 2.28. The summed E-state index contributed by atoms with van der Waals surface area (Å²) in [6.45, 7) is 2.84. The molecule has 0 aromatic carbocycles. The first-order valence-corrected chi connectivity index (χ1v) is 7.99. The van der Waals surface area contributed by atoms with Gasteiger partial charge in [-0.05, 0) is 30.2 Å². The second-order valence-corrected chi connectivity index (χ2v) is 6.25. The maximum atomic E-state index is 12.4. The largest absolute Gasteiger partial charge is 0.401 e. The van der Waals surface area contributed by atoms with E-state index in [1.807, 2.05) is 11.4 Å². The fraction of sp³-hybridized carbons (Fsp3) is 0.714. The van der Waals surface area contributed by atoms with Crippen molar-refractivity contribution in [2.45, 2.75) is 38.4 Å². The molecule has 0 aliphatic carbocycles. The van der Waals surface area contributed by atoms with E-state index >= 15 is 0 Å². The Labute approximate surface area is 122 Å². The highest BCUT2D eigenvalue weighted by atomic mass is 32.1. The molecule has 0 radical (unpaired) electrons. The molecule has 114 valence electrons. The molecule has 2 nitrogen and oxygen atoms in total. The molecule has 2 unspecified atom stereocenters. The summed E-state index contributed by atoms with van der Waals surface area (Å²) in [6.07, 6.45) is -1.14. The van der Waals surface area contributed by atoms with Crippen LogP contribution in [0, 0.1) is 5.92 Å². The molecule has 6 heteroatoms. The van der Waals surface area contributed by atoms with Gasteiger partial charge in [0.25, 0.3) is 0 Å². The standard InChI is InChI=1S/C14H21F3N2S/c1-2-3-11-6-12(18-10-14(15,16)17)8-19(7-11)13-4-5-20-9-13/h4-5,9,11-12,18H,2-3,6-8,10H2,1H3. The Hall–Kier alpha value is -0.750. The summed E-state index contributed by atoms with van der Waals surface area (Å²) in [4.78, 5) is 2.22. The van der Waals surface area contributed by atoms with Crippen LogP contribution in [0.5, 0.6) is 0 Å². The number of nitrogens with zero attached hydrogens (tertiary/aromatic N) is 1. The van der Waals surface area contributed by atoms with Crippen molar-refractivity contribution in [3.05, 3.63) is 16.8 Å². The second-order valence-electron chi connectivity index (χ2n) is 5.47. The van der Waals surface area contributed by atoms with Crippen molar-refractivity contribution in [2.24, 2.45) is 5.92 Å². The lowest BCUT2D eigenvalue weighted by Gasteiger charge is -2.39. The van der Waals surface area contributed by atoms with Crippen LogP contribution in [0.25, 0.3) is 0 Å². The summed E-state index contributed by atoms with van der Waals surface area (Å²) in [7, 11) is 0. The van der Waals surface area contributed by atoms with Gasteiger partial charge in [0.15, 0.2) is 0 Å². The Bertz CT molecular complexity index is 392. The smallest absolute Gasteiger partial charge is 0.369 e. The fourth-order valence-corrected chi connectivity index (χ4v) is 3.54. The van der Waals surface area contributed by atoms with Crippen molar-refractivity contribution in [1.82, 2.24) is 5.32 Å². The first-order chi connectivity index (χ1) is 9.48. The minimum atomic E-state index is -4.13. The first-order valence-electron chi connectivity index (χ1n) is 7.05. The Morgan fingerprint density at radius 1 is 1.40 bits per heavy atom. The molecule has 1 aromatic heterocycles. The topological polar surface area (TPSA) is 15.3 Å². The minimum Gasteiger partial charge on any atom is -0.369 e. The zero-order valence-electron chi connectivity index (χ0n) is 11.6. The number of hydrogen-bond donors (Lipinski definition) is 1. The van der Waals surface area contributed by atoms with E-state index in [0.29, 0.717) is 12.5 Å². The van der Waals surface area contributed by atoms with Gasteiger partial charge in [0.2, 0.25) is 0 Å². The van der Waals surface area contributed by atoms with E-state index in [4.69, 9.17) is 0 Å². The van der Waals surface area contributed by atoms with Crippen LogP contribution in [0.2, 0.25) is 0 Å². The third kappa shape index (κ3) is 4.66. The highest BCUT2D eigenvalue weighted by Gasteiger charge is 2.32. The van der Waals surface area contributed by atoms with Gasteiger partial charge < -0.3 is 10.2 Å². The quantitative estimate of drug-likeness (QED) is 0.887. The Morgan fingerprint density at radius 2 is 2.20 bits per heavy atom. The first kappa shape index (κ1) is 15.6. The Kier molecular flexibility index (Phi) is 5.32. The average Bonchev–Trinajstić information content (AvgIpc) is 2.89. The molecule has 1 aliphatic heterocycles. The van der Waals surface area contributed by atoms with Crippen molar-refractivity contribution in [1.29, 1.82) is 0 Å². The van der Waals surface area contributed by atoms with Crippen molar-refractivity contribution in [3.8, 4) is 0 Å². The molecule has 2 rings (SSSR count).